The van der Waals surface area contributed by atoms with Gasteiger partial charge in [-0.15, -0.1) is 0 Å². The van der Waals surface area contributed by atoms with E-state index in [0.29, 0.717) is 11.6 Å². The summed E-state index contributed by atoms with van der Waals surface area (Å²) in [6.07, 6.45) is 5.33. The van der Waals surface area contributed by atoms with Gasteiger partial charge in [-0.2, -0.15) is 0 Å². The molecule has 1 unspecified atom stereocenters. The number of rotatable bonds is 6. The molecule has 0 saturated carbocycles. The van der Waals surface area contributed by atoms with Crippen molar-refractivity contribution in [3.8, 4) is 0 Å². The molecule has 0 amide bonds. The predicted octanol–water partition coefficient (Wildman–Crippen LogP) is 3.03. The van der Waals surface area contributed by atoms with Gasteiger partial charge in [0.05, 0.1) is 0 Å². The second-order valence-corrected chi connectivity index (χ2v) is 6.16. The third-order valence-electron chi connectivity index (χ3n) is 3.71. The molecule has 0 aromatic heterocycles. The Morgan fingerprint density at radius 1 is 1.31 bits per heavy atom. The summed E-state index contributed by atoms with van der Waals surface area (Å²) in [7, 11) is 0. The molecule has 1 aliphatic rings. The van der Waals surface area contributed by atoms with Crippen LogP contribution in [-0.4, -0.2) is 35.6 Å². The Morgan fingerprint density at radius 3 is 2.44 bits per heavy atom. The van der Waals surface area contributed by atoms with E-state index in [4.69, 9.17) is 0 Å². The number of unbranched alkanes of at least 4 members (excludes halogenated alkanes) is 2. The number of nitrogens with one attached hydrogen (secondary N) is 1. The molecule has 0 bridgehead atoms. The van der Waals surface area contributed by atoms with Gasteiger partial charge in [0.1, 0.15) is 0 Å². The van der Waals surface area contributed by atoms with Crippen molar-refractivity contribution in [2.75, 3.05) is 13.1 Å². The predicted molar refractivity (Wildman–Crippen MR) is 71.9 cm³/mol. The summed E-state index contributed by atoms with van der Waals surface area (Å²) in [4.78, 5) is 2.69. The van der Waals surface area contributed by atoms with Crippen LogP contribution in [0.4, 0.5) is 0 Å². The Bertz CT molecular complexity index is 199. The summed E-state index contributed by atoms with van der Waals surface area (Å²) in [6, 6.07) is 1.42. The van der Waals surface area contributed by atoms with Crippen molar-refractivity contribution >= 4 is 0 Å². The Balaban J connectivity index is 2.44. The van der Waals surface area contributed by atoms with Gasteiger partial charge in [-0.3, -0.25) is 4.90 Å². The highest BCUT2D eigenvalue weighted by atomic mass is 15.2. The zero-order chi connectivity index (χ0) is 12.2. The summed E-state index contributed by atoms with van der Waals surface area (Å²) in [5.41, 5.74) is 0.336. The molecule has 1 rings (SSSR count). The lowest BCUT2D eigenvalue weighted by molar-refractivity contribution is 0.155. The van der Waals surface area contributed by atoms with E-state index in [-0.39, 0.29) is 0 Å². The Morgan fingerprint density at radius 2 is 2.00 bits per heavy atom. The molecule has 1 fully saturated rings. The van der Waals surface area contributed by atoms with Gasteiger partial charge in [0.15, 0.2) is 0 Å². The molecular weight excluding hydrogens is 196 g/mol. The highest BCUT2D eigenvalue weighted by Crippen LogP contribution is 2.24. The summed E-state index contributed by atoms with van der Waals surface area (Å²) in [6.45, 7) is 14.0. The van der Waals surface area contributed by atoms with Crippen molar-refractivity contribution in [2.24, 2.45) is 0 Å². The quantitative estimate of drug-likeness (QED) is 0.700. The summed E-state index contributed by atoms with van der Waals surface area (Å²) in [5.74, 6) is 0. The molecule has 0 aromatic carbocycles. The van der Waals surface area contributed by atoms with Gasteiger partial charge in [0.25, 0.3) is 0 Å². The molecule has 2 nitrogen and oxygen atoms in total. The molecule has 1 aliphatic heterocycles. The van der Waals surface area contributed by atoms with Gasteiger partial charge >= 0.3 is 0 Å². The van der Waals surface area contributed by atoms with Gasteiger partial charge in [0, 0.05) is 24.2 Å². The second kappa shape index (κ2) is 6.02. The molecule has 96 valence electrons. The van der Waals surface area contributed by atoms with Crippen LogP contribution in [0.5, 0.6) is 0 Å². The van der Waals surface area contributed by atoms with Gasteiger partial charge in [-0.25, -0.2) is 0 Å². The van der Waals surface area contributed by atoms with E-state index in [9.17, 15) is 0 Å². The van der Waals surface area contributed by atoms with Gasteiger partial charge < -0.3 is 5.32 Å². The minimum absolute atomic E-state index is 0.336. The average molecular weight is 226 g/mol. The Hall–Kier alpha value is -0.0800. The van der Waals surface area contributed by atoms with Crippen molar-refractivity contribution in [1.29, 1.82) is 0 Å². The fourth-order valence-corrected chi connectivity index (χ4v) is 2.77. The third-order valence-corrected chi connectivity index (χ3v) is 3.71. The number of hydrogen-bond donors (Lipinski definition) is 1. The van der Waals surface area contributed by atoms with E-state index >= 15 is 0 Å². The minimum Gasteiger partial charge on any atom is -0.310 e. The van der Waals surface area contributed by atoms with Crippen LogP contribution in [0.15, 0.2) is 0 Å². The first-order valence-corrected chi connectivity index (χ1v) is 6.97. The molecule has 0 spiro atoms. The highest BCUT2D eigenvalue weighted by molar-refractivity contribution is 4.95. The number of nitrogens with zero attached hydrogens (tertiary/aromatic N) is 1. The van der Waals surface area contributed by atoms with E-state index in [1.54, 1.807) is 0 Å². The molecule has 0 aliphatic carbocycles. The van der Waals surface area contributed by atoms with Crippen molar-refractivity contribution < 1.29 is 0 Å². The maximum absolute atomic E-state index is 3.63. The van der Waals surface area contributed by atoms with Crippen LogP contribution in [0, 0.1) is 0 Å². The molecule has 1 N–H and O–H groups in total. The molecule has 1 saturated heterocycles. The van der Waals surface area contributed by atoms with E-state index in [2.05, 4.69) is 44.8 Å². The van der Waals surface area contributed by atoms with Crippen molar-refractivity contribution in [3.63, 3.8) is 0 Å². The van der Waals surface area contributed by atoms with Crippen molar-refractivity contribution in [1.82, 2.24) is 10.2 Å². The molecule has 2 heteroatoms. The molecule has 16 heavy (non-hydrogen) atoms. The zero-order valence-corrected chi connectivity index (χ0v) is 11.8. The first kappa shape index (κ1) is 14.0. The second-order valence-electron chi connectivity index (χ2n) is 6.16. The van der Waals surface area contributed by atoms with E-state index in [0.717, 1.165) is 12.6 Å². The molecule has 1 heterocycles. The summed E-state index contributed by atoms with van der Waals surface area (Å²) in [5, 5.41) is 3.63. The van der Waals surface area contributed by atoms with Gasteiger partial charge in [-0.1, -0.05) is 19.8 Å². The van der Waals surface area contributed by atoms with Crippen molar-refractivity contribution in [3.05, 3.63) is 0 Å². The molecular formula is C14H30N2. The minimum atomic E-state index is 0.336. The lowest BCUT2D eigenvalue weighted by Crippen LogP contribution is -2.42. The van der Waals surface area contributed by atoms with Crippen LogP contribution >= 0.6 is 0 Å². The summed E-state index contributed by atoms with van der Waals surface area (Å²) >= 11 is 0. The molecule has 1 atom stereocenters. The topological polar surface area (TPSA) is 15.3 Å². The Kier molecular flexibility index (Phi) is 5.26. The lowest BCUT2D eigenvalue weighted by Gasteiger charge is -2.32. The smallest absolute Gasteiger partial charge is 0.0240 e. The SMILES string of the molecule is CCCCCN(C(C)C)C1CNC(C)(C)C1. The van der Waals surface area contributed by atoms with Crippen molar-refractivity contribution in [2.45, 2.75) is 77.9 Å². The van der Waals surface area contributed by atoms with Gasteiger partial charge in [0.2, 0.25) is 0 Å². The van der Waals surface area contributed by atoms with E-state index < -0.39 is 0 Å². The number of hydrogen-bond acceptors (Lipinski definition) is 2. The lowest BCUT2D eigenvalue weighted by atomic mass is 9.99. The normalized spacial score (nSPS) is 24.6. The van der Waals surface area contributed by atoms with Crippen LogP contribution in [-0.2, 0) is 0 Å². The van der Waals surface area contributed by atoms with Gasteiger partial charge in [-0.05, 0) is 47.1 Å². The Labute approximate surface area is 102 Å². The first-order chi connectivity index (χ1) is 7.46. The standard InChI is InChI=1S/C14H30N2/c1-6-7-8-9-16(12(2)3)13-10-14(4,5)15-11-13/h12-13,15H,6-11H2,1-5H3. The highest BCUT2D eigenvalue weighted by Gasteiger charge is 2.34. The zero-order valence-electron chi connectivity index (χ0n) is 11.8. The monoisotopic (exact) mass is 226 g/mol. The van der Waals surface area contributed by atoms with Crippen LogP contribution in [0.3, 0.4) is 0 Å². The fourth-order valence-electron chi connectivity index (χ4n) is 2.77. The first-order valence-electron chi connectivity index (χ1n) is 6.97. The molecule has 0 aromatic rings. The largest absolute Gasteiger partial charge is 0.310 e. The van der Waals surface area contributed by atoms with E-state index in [1.165, 1.54) is 32.2 Å². The van der Waals surface area contributed by atoms with Crippen LogP contribution < -0.4 is 5.32 Å². The van der Waals surface area contributed by atoms with E-state index in [1.807, 2.05) is 0 Å². The maximum atomic E-state index is 3.63. The third kappa shape index (κ3) is 4.06. The van der Waals surface area contributed by atoms with Crippen LogP contribution in [0.2, 0.25) is 0 Å². The molecule has 0 radical (unpaired) electrons. The van der Waals surface area contributed by atoms with Crippen LogP contribution in [0.25, 0.3) is 0 Å². The van der Waals surface area contributed by atoms with Crippen LogP contribution in [0.1, 0.15) is 60.3 Å². The maximum Gasteiger partial charge on any atom is 0.0240 e. The fraction of sp³-hybridized carbons (Fsp3) is 1.00. The average Bonchev–Trinajstić information content (AvgIpc) is 2.53. The summed E-state index contributed by atoms with van der Waals surface area (Å²) < 4.78 is 0.